The number of ether oxygens (including phenoxy) is 1. The van der Waals surface area contributed by atoms with Crippen molar-refractivity contribution in [1.82, 2.24) is 4.98 Å². The van der Waals surface area contributed by atoms with Gasteiger partial charge in [0.05, 0.1) is 0 Å². The third-order valence-electron chi connectivity index (χ3n) is 5.15. The van der Waals surface area contributed by atoms with Gasteiger partial charge in [0.15, 0.2) is 12.2 Å². The van der Waals surface area contributed by atoms with Gasteiger partial charge in [-0.25, -0.2) is 4.98 Å². The van der Waals surface area contributed by atoms with Crippen molar-refractivity contribution < 1.29 is 13.9 Å². The van der Waals surface area contributed by atoms with E-state index >= 15 is 0 Å². The van der Waals surface area contributed by atoms with Gasteiger partial charge in [-0.1, -0.05) is 23.8 Å². The second-order valence-corrected chi connectivity index (χ2v) is 7.60. The van der Waals surface area contributed by atoms with Crippen LogP contribution in [0.1, 0.15) is 22.3 Å². The number of benzene rings is 3. The molecular formula is C25H24N2O3. The summed E-state index contributed by atoms with van der Waals surface area (Å²) in [7, 11) is 0. The summed E-state index contributed by atoms with van der Waals surface area (Å²) in [5.74, 6) is 0.972. The van der Waals surface area contributed by atoms with E-state index < -0.39 is 0 Å². The van der Waals surface area contributed by atoms with Gasteiger partial charge >= 0.3 is 0 Å². The fraction of sp³-hybridized carbons (Fsp3) is 0.200. The number of nitrogens with one attached hydrogen (secondary N) is 1. The molecule has 30 heavy (non-hydrogen) atoms. The standard InChI is InChI=1S/C25H24N2O3/c1-15-5-9-20(10-6-15)29-14-24(28)26-21-13-19(8-7-16(21)2)25-27-22-11-17(3)18(4)12-23(22)30-25/h5-13H,14H2,1-4H3,(H,26,28). The summed E-state index contributed by atoms with van der Waals surface area (Å²) in [5.41, 5.74) is 7.52. The van der Waals surface area contributed by atoms with Gasteiger partial charge in [-0.3, -0.25) is 4.79 Å². The van der Waals surface area contributed by atoms with E-state index in [0.717, 1.165) is 33.4 Å². The van der Waals surface area contributed by atoms with Crippen LogP contribution in [0.3, 0.4) is 0 Å². The maximum absolute atomic E-state index is 12.4. The van der Waals surface area contributed by atoms with Gasteiger partial charge in [0.25, 0.3) is 5.91 Å². The number of hydrogen-bond acceptors (Lipinski definition) is 4. The number of aromatic nitrogens is 1. The van der Waals surface area contributed by atoms with Gasteiger partial charge in [-0.05, 0) is 80.8 Å². The maximum atomic E-state index is 12.4. The van der Waals surface area contributed by atoms with E-state index in [1.807, 2.05) is 68.4 Å². The summed E-state index contributed by atoms with van der Waals surface area (Å²) in [6.07, 6.45) is 0. The van der Waals surface area contributed by atoms with Crippen LogP contribution in [0.2, 0.25) is 0 Å². The summed E-state index contributed by atoms with van der Waals surface area (Å²) >= 11 is 0. The first-order valence-corrected chi connectivity index (χ1v) is 9.87. The average Bonchev–Trinajstić information content (AvgIpc) is 3.12. The number of aryl methyl sites for hydroxylation is 4. The van der Waals surface area contributed by atoms with Crippen LogP contribution >= 0.6 is 0 Å². The molecule has 0 saturated carbocycles. The highest BCUT2D eigenvalue weighted by Gasteiger charge is 2.13. The molecule has 0 saturated heterocycles. The predicted molar refractivity (Wildman–Crippen MR) is 119 cm³/mol. The van der Waals surface area contributed by atoms with Gasteiger partial charge in [0.2, 0.25) is 5.89 Å². The lowest BCUT2D eigenvalue weighted by Crippen LogP contribution is -2.20. The van der Waals surface area contributed by atoms with Crippen molar-refractivity contribution in [3.63, 3.8) is 0 Å². The largest absolute Gasteiger partial charge is 0.484 e. The van der Waals surface area contributed by atoms with Gasteiger partial charge in [-0.2, -0.15) is 0 Å². The second-order valence-electron chi connectivity index (χ2n) is 7.60. The van der Waals surface area contributed by atoms with Gasteiger partial charge in [-0.15, -0.1) is 0 Å². The molecule has 1 aromatic heterocycles. The maximum Gasteiger partial charge on any atom is 0.262 e. The molecule has 0 aliphatic rings. The lowest BCUT2D eigenvalue weighted by molar-refractivity contribution is -0.118. The average molecular weight is 400 g/mol. The first-order chi connectivity index (χ1) is 14.4. The molecule has 0 radical (unpaired) electrons. The summed E-state index contributed by atoms with van der Waals surface area (Å²) in [4.78, 5) is 17.0. The van der Waals surface area contributed by atoms with E-state index in [1.165, 1.54) is 5.56 Å². The zero-order chi connectivity index (χ0) is 21.3. The number of carbonyl (C=O) groups excluding carboxylic acids is 1. The molecule has 0 aliphatic heterocycles. The molecule has 4 rings (SSSR count). The van der Waals surface area contributed by atoms with Crippen molar-refractivity contribution in [2.75, 3.05) is 11.9 Å². The van der Waals surface area contributed by atoms with Crippen LogP contribution in [-0.2, 0) is 4.79 Å². The third kappa shape index (κ3) is 4.20. The van der Waals surface area contributed by atoms with Crippen molar-refractivity contribution in [3.8, 4) is 17.2 Å². The second kappa shape index (κ2) is 8.03. The van der Waals surface area contributed by atoms with Crippen molar-refractivity contribution in [2.45, 2.75) is 27.7 Å². The Balaban J connectivity index is 1.51. The van der Waals surface area contributed by atoms with Crippen LogP contribution < -0.4 is 10.1 Å². The van der Waals surface area contributed by atoms with Crippen molar-refractivity contribution in [2.24, 2.45) is 0 Å². The van der Waals surface area contributed by atoms with E-state index in [1.54, 1.807) is 0 Å². The van der Waals surface area contributed by atoms with E-state index in [-0.39, 0.29) is 12.5 Å². The van der Waals surface area contributed by atoms with Crippen molar-refractivity contribution in [1.29, 1.82) is 0 Å². The summed E-state index contributed by atoms with van der Waals surface area (Å²) in [6, 6.07) is 17.4. The quantitative estimate of drug-likeness (QED) is 0.463. The molecule has 5 nitrogen and oxygen atoms in total. The zero-order valence-electron chi connectivity index (χ0n) is 17.6. The summed E-state index contributed by atoms with van der Waals surface area (Å²) in [5, 5.41) is 2.92. The van der Waals surface area contributed by atoms with Crippen LogP contribution in [0.4, 0.5) is 5.69 Å². The van der Waals surface area contributed by atoms with Crippen LogP contribution in [0.25, 0.3) is 22.6 Å². The summed E-state index contributed by atoms with van der Waals surface area (Å²) < 4.78 is 11.5. The van der Waals surface area contributed by atoms with E-state index in [0.29, 0.717) is 17.3 Å². The molecule has 152 valence electrons. The van der Waals surface area contributed by atoms with E-state index in [4.69, 9.17) is 9.15 Å². The Kier molecular flexibility index (Phi) is 5.27. The number of hydrogen-bond donors (Lipinski definition) is 1. The van der Waals surface area contributed by atoms with Crippen LogP contribution in [0.15, 0.2) is 59.0 Å². The van der Waals surface area contributed by atoms with E-state index in [2.05, 4.69) is 24.1 Å². The number of rotatable bonds is 5. The monoisotopic (exact) mass is 400 g/mol. The highest BCUT2D eigenvalue weighted by Crippen LogP contribution is 2.29. The molecule has 0 bridgehead atoms. The first kappa shape index (κ1) is 19.7. The topological polar surface area (TPSA) is 64.4 Å². The number of oxazole rings is 1. The summed E-state index contributed by atoms with van der Waals surface area (Å²) in [6.45, 7) is 8.00. The molecule has 0 atom stereocenters. The SMILES string of the molecule is Cc1ccc(OCC(=O)Nc2cc(-c3nc4cc(C)c(C)cc4o3)ccc2C)cc1. The van der Waals surface area contributed by atoms with Crippen LogP contribution in [0.5, 0.6) is 5.75 Å². The predicted octanol–water partition coefficient (Wildman–Crippen LogP) is 5.75. The first-order valence-electron chi connectivity index (χ1n) is 9.87. The Morgan fingerprint density at radius 2 is 1.67 bits per heavy atom. The Labute approximate surface area is 175 Å². The van der Waals surface area contributed by atoms with Crippen LogP contribution in [-0.4, -0.2) is 17.5 Å². The highest BCUT2D eigenvalue weighted by molar-refractivity contribution is 5.93. The fourth-order valence-electron chi connectivity index (χ4n) is 3.16. The Hall–Kier alpha value is -3.60. The third-order valence-corrected chi connectivity index (χ3v) is 5.15. The smallest absolute Gasteiger partial charge is 0.262 e. The molecule has 4 aromatic rings. The van der Waals surface area contributed by atoms with Crippen molar-refractivity contribution in [3.05, 3.63) is 76.9 Å². The molecule has 0 fully saturated rings. The minimum Gasteiger partial charge on any atom is -0.484 e. The minimum atomic E-state index is -0.223. The van der Waals surface area contributed by atoms with Gasteiger partial charge in [0.1, 0.15) is 11.3 Å². The van der Waals surface area contributed by atoms with Crippen LogP contribution in [0, 0.1) is 27.7 Å². The molecule has 1 heterocycles. The number of anilines is 1. The van der Waals surface area contributed by atoms with Gasteiger partial charge in [0, 0.05) is 11.3 Å². The molecule has 0 unspecified atom stereocenters. The Bertz CT molecular complexity index is 1180. The minimum absolute atomic E-state index is 0.0613. The number of carbonyl (C=O) groups is 1. The zero-order valence-corrected chi connectivity index (χ0v) is 17.6. The molecule has 0 spiro atoms. The Morgan fingerprint density at radius 3 is 2.43 bits per heavy atom. The molecule has 0 aliphatic carbocycles. The highest BCUT2D eigenvalue weighted by atomic mass is 16.5. The number of nitrogens with zero attached hydrogens (tertiary/aromatic N) is 1. The fourth-order valence-corrected chi connectivity index (χ4v) is 3.16. The Morgan fingerprint density at radius 1 is 0.933 bits per heavy atom. The molecule has 1 amide bonds. The molecule has 3 aromatic carbocycles. The van der Waals surface area contributed by atoms with E-state index in [9.17, 15) is 4.79 Å². The normalized spacial score (nSPS) is 10.9. The van der Waals surface area contributed by atoms with Crippen molar-refractivity contribution >= 4 is 22.7 Å². The lowest BCUT2D eigenvalue weighted by Gasteiger charge is -2.11. The lowest BCUT2D eigenvalue weighted by atomic mass is 10.1. The molecular weight excluding hydrogens is 376 g/mol. The molecule has 1 N–H and O–H groups in total. The number of fused-ring (bicyclic) bond motifs is 1. The van der Waals surface area contributed by atoms with Gasteiger partial charge < -0.3 is 14.5 Å². The molecule has 5 heteroatoms. The number of amides is 1.